The van der Waals surface area contributed by atoms with Crippen molar-refractivity contribution in [3.8, 4) is 0 Å². The topological polar surface area (TPSA) is 75.0 Å². The molecule has 0 unspecified atom stereocenters. The maximum absolute atomic E-state index is 12.7. The summed E-state index contributed by atoms with van der Waals surface area (Å²) in [4.78, 5) is 30.7. The Kier molecular flexibility index (Phi) is 6.32. The molecule has 2 aliphatic rings. The van der Waals surface area contributed by atoms with E-state index in [4.69, 9.17) is 9.15 Å². The first kappa shape index (κ1) is 20.1. The predicted molar refractivity (Wildman–Crippen MR) is 111 cm³/mol. The van der Waals surface area contributed by atoms with Crippen LogP contribution in [-0.2, 0) is 28.9 Å². The van der Waals surface area contributed by atoms with E-state index < -0.39 is 0 Å². The number of amides is 1. The highest BCUT2D eigenvalue weighted by atomic mass is 32.1. The second-order valence-electron chi connectivity index (χ2n) is 7.59. The molecule has 4 rings (SSSR count). The number of nitrogens with one attached hydrogen (secondary N) is 1. The van der Waals surface area contributed by atoms with Crippen LogP contribution in [-0.4, -0.2) is 61.5 Å². The fourth-order valence-electron chi connectivity index (χ4n) is 4.07. The second kappa shape index (κ2) is 9.11. The van der Waals surface area contributed by atoms with E-state index >= 15 is 0 Å². The normalized spacial score (nSPS) is 17.7. The molecule has 8 heteroatoms. The number of methoxy groups -OCH3 is 1. The summed E-state index contributed by atoms with van der Waals surface area (Å²) in [6.07, 6.45) is 5.75. The number of hydrogen-bond donors (Lipinski definition) is 1. The zero-order chi connectivity index (χ0) is 20.2. The number of anilines is 1. The van der Waals surface area contributed by atoms with Gasteiger partial charge >= 0.3 is 5.97 Å². The summed E-state index contributed by atoms with van der Waals surface area (Å²) < 4.78 is 10.4. The Hall–Kier alpha value is -2.16. The number of aryl methyl sites for hydroxylation is 1. The van der Waals surface area contributed by atoms with Crippen molar-refractivity contribution in [2.75, 3.05) is 45.2 Å². The SMILES string of the molecule is COC(=O)c1c(NC(=O)CN2CCN(Cc3ccco3)CC2)sc2c1CCCC2. The first-order valence-corrected chi connectivity index (χ1v) is 11.0. The average molecular weight is 418 g/mol. The fraction of sp³-hybridized carbons (Fsp3) is 0.524. The lowest BCUT2D eigenvalue weighted by Crippen LogP contribution is -2.48. The average Bonchev–Trinajstić information content (AvgIpc) is 3.36. The summed E-state index contributed by atoms with van der Waals surface area (Å²) in [6, 6.07) is 3.89. The maximum atomic E-state index is 12.7. The number of thiophene rings is 1. The molecule has 1 amide bonds. The van der Waals surface area contributed by atoms with E-state index in [1.54, 1.807) is 6.26 Å². The van der Waals surface area contributed by atoms with E-state index in [0.29, 0.717) is 17.1 Å². The van der Waals surface area contributed by atoms with E-state index in [1.807, 2.05) is 12.1 Å². The number of hydrogen-bond acceptors (Lipinski definition) is 7. The van der Waals surface area contributed by atoms with E-state index in [0.717, 1.165) is 69.7 Å². The molecule has 1 saturated heterocycles. The zero-order valence-electron chi connectivity index (χ0n) is 16.7. The van der Waals surface area contributed by atoms with Gasteiger partial charge in [0.05, 0.1) is 32.0 Å². The van der Waals surface area contributed by atoms with Gasteiger partial charge in [-0.3, -0.25) is 14.6 Å². The maximum Gasteiger partial charge on any atom is 0.341 e. The first-order chi connectivity index (χ1) is 14.1. The largest absolute Gasteiger partial charge is 0.468 e. The lowest BCUT2D eigenvalue weighted by Gasteiger charge is -2.33. The van der Waals surface area contributed by atoms with Crippen molar-refractivity contribution in [3.05, 3.63) is 40.2 Å². The minimum atomic E-state index is -0.355. The molecule has 156 valence electrons. The highest BCUT2D eigenvalue weighted by molar-refractivity contribution is 7.17. The second-order valence-corrected chi connectivity index (χ2v) is 8.69. The van der Waals surface area contributed by atoms with Gasteiger partial charge in [0.1, 0.15) is 10.8 Å². The van der Waals surface area contributed by atoms with E-state index in [9.17, 15) is 9.59 Å². The lowest BCUT2D eigenvalue weighted by atomic mass is 9.95. The number of fused-ring (bicyclic) bond motifs is 1. The standard InChI is InChI=1S/C21H27N3O4S/c1-27-21(26)19-16-6-2-3-7-17(16)29-20(19)22-18(25)14-24-10-8-23(9-11-24)13-15-5-4-12-28-15/h4-5,12H,2-3,6-11,13-14H2,1H3,(H,22,25). The molecule has 1 N–H and O–H groups in total. The van der Waals surface area contributed by atoms with Crippen LogP contribution in [0.15, 0.2) is 22.8 Å². The smallest absolute Gasteiger partial charge is 0.341 e. The van der Waals surface area contributed by atoms with Crippen molar-refractivity contribution in [1.82, 2.24) is 9.80 Å². The third kappa shape index (κ3) is 4.71. The molecule has 1 aliphatic carbocycles. The van der Waals surface area contributed by atoms with Gasteiger partial charge in [0.2, 0.25) is 5.91 Å². The van der Waals surface area contributed by atoms with Crippen LogP contribution < -0.4 is 5.32 Å². The molecule has 7 nitrogen and oxygen atoms in total. The molecule has 1 aliphatic heterocycles. The summed E-state index contributed by atoms with van der Waals surface area (Å²) >= 11 is 1.53. The lowest BCUT2D eigenvalue weighted by molar-refractivity contribution is -0.117. The van der Waals surface area contributed by atoms with Crippen LogP contribution >= 0.6 is 11.3 Å². The van der Waals surface area contributed by atoms with Crippen LogP contribution in [0.4, 0.5) is 5.00 Å². The third-order valence-corrected chi connectivity index (χ3v) is 6.81. The fourth-order valence-corrected chi connectivity index (χ4v) is 5.36. The van der Waals surface area contributed by atoms with Crippen molar-refractivity contribution in [3.63, 3.8) is 0 Å². The summed E-state index contributed by atoms with van der Waals surface area (Å²) in [5.74, 6) is 0.535. The Bertz CT molecular complexity index is 854. The van der Waals surface area contributed by atoms with Crippen LogP contribution in [0.5, 0.6) is 0 Å². The molecule has 0 bridgehead atoms. The van der Waals surface area contributed by atoms with Gasteiger partial charge in [-0.15, -0.1) is 11.3 Å². The minimum absolute atomic E-state index is 0.0757. The van der Waals surface area contributed by atoms with Gasteiger partial charge in [-0.2, -0.15) is 0 Å². The Labute approximate surface area is 174 Å². The van der Waals surface area contributed by atoms with Crippen molar-refractivity contribution in [1.29, 1.82) is 0 Å². The summed E-state index contributed by atoms with van der Waals surface area (Å²) in [6.45, 7) is 4.59. The Morgan fingerprint density at radius 1 is 1.17 bits per heavy atom. The van der Waals surface area contributed by atoms with Crippen LogP contribution in [0.3, 0.4) is 0 Å². The number of carbonyl (C=O) groups is 2. The molecule has 29 heavy (non-hydrogen) atoms. The Balaban J connectivity index is 1.33. The Morgan fingerprint density at radius 2 is 1.93 bits per heavy atom. The summed E-state index contributed by atoms with van der Waals surface area (Å²) in [7, 11) is 1.39. The van der Waals surface area contributed by atoms with Gasteiger partial charge in [-0.25, -0.2) is 4.79 Å². The number of rotatable bonds is 6. The molecule has 0 aromatic carbocycles. The molecular formula is C21H27N3O4S. The highest BCUT2D eigenvalue weighted by Gasteiger charge is 2.27. The van der Waals surface area contributed by atoms with Crippen LogP contribution in [0.1, 0.15) is 39.4 Å². The third-order valence-electron chi connectivity index (χ3n) is 5.61. The number of carbonyl (C=O) groups excluding carboxylic acids is 2. The molecule has 0 radical (unpaired) electrons. The van der Waals surface area contributed by atoms with E-state index in [-0.39, 0.29) is 11.9 Å². The number of furan rings is 1. The molecule has 1 fully saturated rings. The predicted octanol–water partition coefficient (Wildman–Crippen LogP) is 2.76. The van der Waals surface area contributed by atoms with Crippen LogP contribution in [0.25, 0.3) is 0 Å². The molecule has 3 heterocycles. The minimum Gasteiger partial charge on any atom is -0.468 e. The summed E-state index contributed by atoms with van der Waals surface area (Å²) in [5.41, 5.74) is 1.62. The van der Waals surface area contributed by atoms with Crippen molar-refractivity contribution >= 4 is 28.2 Å². The molecule has 0 spiro atoms. The van der Waals surface area contributed by atoms with Gasteiger partial charge in [0.25, 0.3) is 0 Å². The van der Waals surface area contributed by atoms with Gasteiger partial charge in [0, 0.05) is 31.1 Å². The molecule has 0 atom stereocenters. The molecule has 2 aromatic heterocycles. The number of nitrogens with zero attached hydrogens (tertiary/aromatic N) is 2. The summed E-state index contributed by atoms with van der Waals surface area (Å²) in [5, 5.41) is 3.63. The molecular weight excluding hydrogens is 390 g/mol. The van der Waals surface area contributed by atoms with Crippen LogP contribution in [0.2, 0.25) is 0 Å². The highest BCUT2D eigenvalue weighted by Crippen LogP contribution is 2.38. The van der Waals surface area contributed by atoms with Gasteiger partial charge < -0.3 is 14.5 Å². The van der Waals surface area contributed by atoms with E-state index in [1.165, 1.54) is 23.3 Å². The molecule has 0 saturated carbocycles. The molecule has 2 aromatic rings. The van der Waals surface area contributed by atoms with Gasteiger partial charge in [-0.05, 0) is 43.4 Å². The van der Waals surface area contributed by atoms with Gasteiger partial charge in [-0.1, -0.05) is 0 Å². The van der Waals surface area contributed by atoms with Crippen LogP contribution in [0, 0.1) is 0 Å². The first-order valence-electron chi connectivity index (χ1n) is 10.1. The number of esters is 1. The zero-order valence-corrected chi connectivity index (χ0v) is 17.6. The van der Waals surface area contributed by atoms with Crippen molar-refractivity contribution < 1.29 is 18.7 Å². The monoisotopic (exact) mass is 417 g/mol. The van der Waals surface area contributed by atoms with Crippen molar-refractivity contribution in [2.45, 2.75) is 32.2 Å². The number of ether oxygens (including phenoxy) is 1. The number of piperazine rings is 1. The van der Waals surface area contributed by atoms with E-state index in [2.05, 4.69) is 15.1 Å². The quantitative estimate of drug-likeness (QED) is 0.729. The Morgan fingerprint density at radius 3 is 2.66 bits per heavy atom. The van der Waals surface area contributed by atoms with Crippen molar-refractivity contribution in [2.24, 2.45) is 0 Å². The van der Waals surface area contributed by atoms with Gasteiger partial charge in [0.15, 0.2) is 0 Å².